The third kappa shape index (κ3) is 2.96. The second-order valence-electron chi connectivity index (χ2n) is 3.99. The predicted molar refractivity (Wildman–Crippen MR) is 76.3 cm³/mol. The summed E-state index contributed by atoms with van der Waals surface area (Å²) in [6.45, 7) is 3.66. The van der Waals surface area contributed by atoms with Crippen LogP contribution in [0.25, 0.3) is 6.08 Å². The first-order chi connectivity index (χ1) is 9.24. The molecule has 3 heteroatoms. The lowest BCUT2D eigenvalue weighted by Gasteiger charge is -2.08. The number of hydrogen-bond donors (Lipinski definition) is 1. The van der Waals surface area contributed by atoms with Gasteiger partial charge in [0.25, 0.3) is 5.91 Å². The topological polar surface area (TPSA) is 46.2 Å². The van der Waals surface area contributed by atoms with Crippen LogP contribution in [0, 0.1) is 0 Å². The molecule has 0 radical (unpaired) electrons. The molecule has 0 saturated heterocycles. The molecule has 1 N–H and O–H groups in total. The van der Waals surface area contributed by atoms with Crippen LogP contribution in [-0.2, 0) is 0 Å². The number of carbonyl (C=O) groups excluding carboxylic acids is 2. The maximum Gasteiger partial charge on any atom is 0.255 e. The predicted octanol–water partition coefficient (Wildman–Crippen LogP) is 3.39. The van der Waals surface area contributed by atoms with Gasteiger partial charge in [0.05, 0.1) is 5.69 Å². The Balaban J connectivity index is 2.30. The SMILES string of the molecule is C=Cc1ccc(C=O)c(NC(=O)c2ccccc2)c1. The van der Waals surface area contributed by atoms with E-state index in [1.165, 1.54) is 0 Å². The van der Waals surface area contributed by atoms with Crippen LogP contribution in [0.1, 0.15) is 26.3 Å². The van der Waals surface area contributed by atoms with E-state index < -0.39 is 0 Å². The van der Waals surface area contributed by atoms with E-state index in [0.29, 0.717) is 23.1 Å². The van der Waals surface area contributed by atoms with Gasteiger partial charge < -0.3 is 5.32 Å². The van der Waals surface area contributed by atoms with Crippen molar-refractivity contribution >= 4 is 24.0 Å². The second kappa shape index (κ2) is 5.78. The molecule has 2 aromatic rings. The zero-order valence-corrected chi connectivity index (χ0v) is 10.3. The van der Waals surface area contributed by atoms with Crippen molar-refractivity contribution in [2.24, 2.45) is 0 Å². The maximum atomic E-state index is 12.0. The van der Waals surface area contributed by atoms with Crippen molar-refractivity contribution in [2.45, 2.75) is 0 Å². The Hall–Kier alpha value is -2.68. The summed E-state index contributed by atoms with van der Waals surface area (Å²) in [6.07, 6.45) is 2.38. The average molecular weight is 251 g/mol. The van der Waals surface area contributed by atoms with Crippen molar-refractivity contribution in [2.75, 3.05) is 5.32 Å². The van der Waals surface area contributed by atoms with Crippen LogP contribution in [0.4, 0.5) is 5.69 Å². The molecular weight excluding hydrogens is 238 g/mol. The minimum Gasteiger partial charge on any atom is -0.321 e. The minimum atomic E-state index is -0.245. The molecule has 0 bridgehead atoms. The molecule has 0 heterocycles. The van der Waals surface area contributed by atoms with Gasteiger partial charge in [-0.3, -0.25) is 9.59 Å². The van der Waals surface area contributed by atoms with Crippen molar-refractivity contribution in [3.05, 3.63) is 71.8 Å². The van der Waals surface area contributed by atoms with E-state index in [0.717, 1.165) is 5.56 Å². The van der Waals surface area contributed by atoms with Gasteiger partial charge in [-0.1, -0.05) is 36.9 Å². The summed E-state index contributed by atoms with van der Waals surface area (Å²) in [6, 6.07) is 14.0. The molecule has 1 amide bonds. The van der Waals surface area contributed by atoms with E-state index in [4.69, 9.17) is 0 Å². The van der Waals surface area contributed by atoms with Gasteiger partial charge >= 0.3 is 0 Å². The van der Waals surface area contributed by atoms with Crippen molar-refractivity contribution in [1.29, 1.82) is 0 Å². The van der Waals surface area contributed by atoms with Gasteiger partial charge in [0.1, 0.15) is 0 Å². The molecule has 0 fully saturated rings. The van der Waals surface area contributed by atoms with Crippen molar-refractivity contribution < 1.29 is 9.59 Å². The molecular formula is C16H13NO2. The Morgan fingerprint density at radius 3 is 2.47 bits per heavy atom. The molecule has 0 spiro atoms. The standard InChI is InChI=1S/C16H13NO2/c1-2-12-8-9-14(11-18)15(10-12)17-16(19)13-6-4-3-5-7-13/h2-11H,1H2,(H,17,19). The fourth-order valence-corrected chi connectivity index (χ4v) is 1.70. The van der Waals surface area contributed by atoms with Crippen LogP contribution in [0.2, 0.25) is 0 Å². The molecule has 0 aromatic heterocycles. The molecule has 0 aliphatic rings. The van der Waals surface area contributed by atoms with Crippen LogP contribution < -0.4 is 5.32 Å². The summed E-state index contributed by atoms with van der Waals surface area (Å²) in [5, 5.41) is 2.73. The molecule has 0 atom stereocenters. The quantitative estimate of drug-likeness (QED) is 0.846. The summed E-state index contributed by atoms with van der Waals surface area (Å²) in [5.41, 5.74) is 2.31. The average Bonchev–Trinajstić information content (AvgIpc) is 2.48. The maximum absolute atomic E-state index is 12.0. The number of nitrogens with one attached hydrogen (secondary N) is 1. The number of anilines is 1. The Bertz CT molecular complexity index is 618. The number of hydrogen-bond acceptors (Lipinski definition) is 2. The van der Waals surface area contributed by atoms with Crippen LogP contribution in [0.3, 0.4) is 0 Å². The zero-order valence-electron chi connectivity index (χ0n) is 10.3. The molecule has 2 rings (SSSR count). The van der Waals surface area contributed by atoms with Crippen molar-refractivity contribution in [3.63, 3.8) is 0 Å². The smallest absolute Gasteiger partial charge is 0.255 e. The highest BCUT2D eigenvalue weighted by atomic mass is 16.1. The van der Waals surface area contributed by atoms with E-state index in [9.17, 15) is 9.59 Å². The number of amides is 1. The monoisotopic (exact) mass is 251 g/mol. The Labute approximate surface area is 111 Å². The Morgan fingerprint density at radius 2 is 1.84 bits per heavy atom. The van der Waals surface area contributed by atoms with Gasteiger partial charge in [-0.25, -0.2) is 0 Å². The molecule has 0 unspecified atom stereocenters. The molecule has 3 nitrogen and oxygen atoms in total. The minimum absolute atomic E-state index is 0.245. The van der Waals surface area contributed by atoms with Crippen LogP contribution in [0.5, 0.6) is 0 Å². The second-order valence-corrected chi connectivity index (χ2v) is 3.99. The van der Waals surface area contributed by atoms with E-state index in [1.54, 1.807) is 48.5 Å². The summed E-state index contributed by atoms with van der Waals surface area (Å²) < 4.78 is 0. The fraction of sp³-hybridized carbons (Fsp3) is 0. The molecule has 0 aliphatic heterocycles. The largest absolute Gasteiger partial charge is 0.321 e. The van der Waals surface area contributed by atoms with Gasteiger partial charge in [-0.05, 0) is 29.8 Å². The first-order valence-electron chi connectivity index (χ1n) is 5.82. The Kier molecular flexibility index (Phi) is 3.88. The first-order valence-corrected chi connectivity index (χ1v) is 5.82. The fourth-order valence-electron chi connectivity index (χ4n) is 1.70. The lowest BCUT2D eigenvalue weighted by Crippen LogP contribution is -2.13. The van der Waals surface area contributed by atoms with E-state index >= 15 is 0 Å². The van der Waals surface area contributed by atoms with Crippen LogP contribution >= 0.6 is 0 Å². The van der Waals surface area contributed by atoms with E-state index in [1.807, 2.05) is 6.07 Å². The number of benzene rings is 2. The van der Waals surface area contributed by atoms with Crippen molar-refractivity contribution in [3.8, 4) is 0 Å². The van der Waals surface area contributed by atoms with Gasteiger partial charge in [-0.15, -0.1) is 0 Å². The summed E-state index contributed by atoms with van der Waals surface area (Å²) in [7, 11) is 0. The molecule has 19 heavy (non-hydrogen) atoms. The van der Waals surface area contributed by atoms with Crippen LogP contribution in [0.15, 0.2) is 55.1 Å². The van der Waals surface area contributed by atoms with E-state index in [-0.39, 0.29) is 5.91 Å². The number of rotatable bonds is 4. The first kappa shape index (κ1) is 12.8. The summed E-state index contributed by atoms with van der Waals surface area (Å²) >= 11 is 0. The normalized spacial score (nSPS) is 9.68. The molecule has 2 aromatic carbocycles. The van der Waals surface area contributed by atoms with Gasteiger partial charge in [0, 0.05) is 11.1 Å². The van der Waals surface area contributed by atoms with E-state index in [2.05, 4.69) is 11.9 Å². The molecule has 0 aliphatic carbocycles. The van der Waals surface area contributed by atoms with Gasteiger partial charge in [0.15, 0.2) is 6.29 Å². The summed E-state index contributed by atoms with van der Waals surface area (Å²) in [4.78, 5) is 23.0. The highest BCUT2D eigenvalue weighted by Crippen LogP contribution is 2.18. The number of carbonyl (C=O) groups is 2. The lowest BCUT2D eigenvalue weighted by molar-refractivity contribution is 0.102. The molecule has 94 valence electrons. The van der Waals surface area contributed by atoms with Gasteiger partial charge in [0.2, 0.25) is 0 Å². The highest BCUT2D eigenvalue weighted by Gasteiger charge is 2.08. The third-order valence-corrected chi connectivity index (χ3v) is 2.72. The van der Waals surface area contributed by atoms with Gasteiger partial charge in [-0.2, -0.15) is 0 Å². The van der Waals surface area contributed by atoms with Crippen molar-refractivity contribution in [1.82, 2.24) is 0 Å². The summed E-state index contributed by atoms with van der Waals surface area (Å²) in [5.74, 6) is -0.245. The Morgan fingerprint density at radius 1 is 1.11 bits per heavy atom. The molecule has 0 saturated carbocycles. The van der Waals surface area contributed by atoms with Crippen LogP contribution in [-0.4, -0.2) is 12.2 Å². The number of aldehydes is 1. The lowest BCUT2D eigenvalue weighted by atomic mass is 10.1. The highest BCUT2D eigenvalue weighted by molar-refractivity contribution is 6.06. The third-order valence-electron chi connectivity index (χ3n) is 2.72. The zero-order chi connectivity index (χ0) is 13.7.